The van der Waals surface area contributed by atoms with E-state index in [4.69, 9.17) is 28.4 Å². The minimum Gasteiger partial charge on any atom is -0.460 e. The lowest BCUT2D eigenvalue weighted by atomic mass is 9.78. The molecule has 0 radical (unpaired) electrons. The monoisotopic (exact) mass is 958 g/mol. The van der Waals surface area contributed by atoms with Gasteiger partial charge in [-0.15, -0.1) is 0 Å². The van der Waals surface area contributed by atoms with Crippen molar-refractivity contribution in [1.82, 2.24) is 4.90 Å². The van der Waals surface area contributed by atoms with Crippen molar-refractivity contribution in [1.29, 1.82) is 0 Å². The van der Waals surface area contributed by atoms with Gasteiger partial charge in [0.15, 0.2) is 5.78 Å². The molecule has 0 unspecified atom stereocenters. The Bertz CT molecular complexity index is 1810. The summed E-state index contributed by atoms with van der Waals surface area (Å²) < 4.78 is 35.6. The molecular formula is C53H83NO14. The van der Waals surface area contributed by atoms with E-state index in [1.165, 1.54) is 12.0 Å². The van der Waals surface area contributed by atoms with Gasteiger partial charge in [0.25, 0.3) is 11.7 Å². The number of ether oxygens (including phenoxy) is 6. The molecule has 68 heavy (non-hydrogen) atoms. The van der Waals surface area contributed by atoms with Crippen LogP contribution in [0.4, 0.5) is 0 Å². The van der Waals surface area contributed by atoms with Gasteiger partial charge < -0.3 is 48.6 Å². The van der Waals surface area contributed by atoms with E-state index >= 15 is 0 Å². The average molecular weight is 958 g/mol. The number of rotatable bonds is 9. The van der Waals surface area contributed by atoms with Crippen LogP contribution in [0, 0.1) is 35.5 Å². The summed E-state index contributed by atoms with van der Waals surface area (Å²) in [6.07, 6.45) is 12.0. The molecule has 15 heteroatoms. The van der Waals surface area contributed by atoms with Crippen molar-refractivity contribution in [3.05, 3.63) is 47.6 Å². The number of cyclic esters (lactones) is 1. The van der Waals surface area contributed by atoms with E-state index in [0.717, 1.165) is 12.0 Å². The molecule has 15 nitrogen and oxygen atoms in total. The normalized spacial score (nSPS) is 39.2. The molecule has 0 aromatic rings. The third-order valence-electron chi connectivity index (χ3n) is 14.9. The molecule has 1 amide bonds. The van der Waals surface area contributed by atoms with Gasteiger partial charge in [-0.25, -0.2) is 4.79 Å². The van der Waals surface area contributed by atoms with Crippen LogP contribution in [0.15, 0.2) is 47.6 Å². The Kier molecular flexibility index (Phi) is 22.9. The lowest BCUT2D eigenvalue weighted by molar-refractivity contribution is -0.265. The summed E-state index contributed by atoms with van der Waals surface area (Å²) in [7, 11) is 4.58. The second-order valence-electron chi connectivity index (χ2n) is 20.2. The van der Waals surface area contributed by atoms with Crippen LogP contribution in [0.5, 0.6) is 0 Å². The van der Waals surface area contributed by atoms with Crippen molar-refractivity contribution < 1.29 is 67.7 Å². The highest BCUT2D eigenvalue weighted by Gasteiger charge is 2.53. The largest absolute Gasteiger partial charge is 0.460 e. The number of carbonyl (C=O) groups excluding carboxylic acids is 5. The summed E-state index contributed by atoms with van der Waals surface area (Å²) in [5, 5.41) is 32.8. The van der Waals surface area contributed by atoms with Gasteiger partial charge in [0.2, 0.25) is 5.79 Å². The summed E-state index contributed by atoms with van der Waals surface area (Å²) >= 11 is 0. The molecule has 3 heterocycles. The fraction of sp³-hybridized carbons (Fsp3) is 0.755. The van der Waals surface area contributed by atoms with Gasteiger partial charge in [-0.05, 0) is 107 Å². The quantitative estimate of drug-likeness (QED) is 0.134. The van der Waals surface area contributed by atoms with E-state index in [2.05, 4.69) is 0 Å². The lowest BCUT2D eigenvalue weighted by Crippen LogP contribution is -2.61. The fourth-order valence-electron chi connectivity index (χ4n) is 10.5. The number of ketones is 3. The maximum Gasteiger partial charge on any atom is 0.329 e. The fourth-order valence-corrected chi connectivity index (χ4v) is 10.5. The van der Waals surface area contributed by atoms with Gasteiger partial charge in [0.1, 0.15) is 30.1 Å². The van der Waals surface area contributed by atoms with Crippen LogP contribution in [0.2, 0.25) is 0 Å². The molecule has 0 aromatic carbocycles. The number of amides is 1. The average Bonchev–Trinajstić information content (AvgIpc) is 3.32. The Morgan fingerprint density at radius 2 is 1.59 bits per heavy atom. The van der Waals surface area contributed by atoms with Crippen LogP contribution < -0.4 is 0 Å². The third kappa shape index (κ3) is 15.3. The lowest BCUT2D eigenvalue weighted by Gasteiger charge is -2.42. The number of piperidine rings is 1. The van der Waals surface area contributed by atoms with Crippen LogP contribution in [-0.2, 0) is 52.4 Å². The summed E-state index contributed by atoms with van der Waals surface area (Å²) in [5.41, 5.74) is 1.26. The van der Waals surface area contributed by atoms with E-state index in [-0.39, 0.29) is 74.1 Å². The smallest absolute Gasteiger partial charge is 0.329 e. The maximum atomic E-state index is 14.5. The van der Waals surface area contributed by atoms with Crippen LogP contribution in [0.3, 0.4) is 0 Å². The molecule has 0 spiro atoms. The molecule has 0 aromatic heterocycles. The van der Waals surface area contributed by atoms with Crippen LogP contribution in [0.25, 0.3) is 0 Å². The van der Waals surface area contributed by atoms with Crippen molar-refractivity contribution in [2.24, 2.45) is 35.5 Å². The molecule has 3 fully saturated rings. The highest BCUT2D eigenvalue weighted by atomic mass is 16.6. The number of methoxy groups -OCH3 is 3. The Hall–Kier alpha value is -3.41. The Morgan fingerprint density at radius 1 is 0.853 bits per heavy atom. The first kappa shape index (κ1) is 57.2. The zero-order chi connectivity index (χ0) is 50.3. The summed E-state index contributed by atoms with van der Waals surface area (Å²) in [6.45, 7) is 12.9. The number of esters is 1. The molecule has 2 bridgehead atoms. The van der Waals surface area contributed by atoms with Crippen molar-refractivity contribution in [2.45, 2.75) is 180 Å². The van der Waals surface area contributed by atoms with Gasteiger partial charge in [0.05, 0.1) is 37.6 Å². The summed E-state index contributed by atoms with van der Waals surface area (Å²) in [6, 6.07) is -1.14. The van der Waals surface area contributed by atoms with Crippen molar-refractivity contribution in [3.63, 3.8) is 0 Å². The van der Waals surface area contributed by atoms with Crippen LogP contribution in [-0.4, -0.2) is 145 Å². The van der Waals surface area contributed by atoms with Gasteiger partial charge in [-0.1, -0.05) is 71.1 Å². The van der Waals surface area contributed by atoms with E-state index in [1.54, 1.807) is 41.1 Å². The van der Waals surface area contributed by atoms with E-state index < -0.39 is 77.8 Å². The summed E-state index contributed by atoms with van der Waals surface area (Å²) in [5.74, 6) is -7.96. The minimum absolute atomic E-state index is 0.0158. The standard InChI is InChI=1S/C53H83NO14/c1-32-16-12-11-13-17-33(2)44(63-8)30-40-21-19-38(7)53(62,68-40)50(59)51(60)54-23-15-14-18-41(54)52(61)67-45(35(4)28-39-20-22-43(66-25-24-55)46(29-39)64-9)31-42(56)34(3)27-37(6)48(58)49(65-10)47(57)36(5)26-32/h11-13,16-17,27,32,34-36,38-41,43-46,48-49,55,58,62H,14-15,18-26,28-31H2,1-10H3/b13-11+,16-12+,33-17+,37-27+/t32-,34-,35+,36-,38-,39+,40+,41+,43-,44+,45+,46-,48+,49+,53-/m1/s1. The van der Waals surface area contributed by atoms with Gasteiger partial charge in [0, 0.05) is 58.5 Å². The van der Waals surface area contributed by atoms with E-state index in [0.29, 0.717) is 63.4 Å². The molecule has 15 atom stereocenters. The Balaban J connectivity index is 1.70. The molecule has 2 saturated heterocycles. The van der Waals surface area contributed by atoms with Crippen molar-refractivity contribution in [3.8, 4) is 0 Å². The topological polar surface area (TPSA) is 205 Å². The number of hydrogen-bond acceptors (Lipinski definition) is 14. The number of Topliss-reactive ketones (excluding diaryl/α,β-unsaturated/α-hetero) is 3. The number of nitrogens with zero attached hydrogens (tertiary/aromatic N) is 1. The summed E-state index contributed by atoms with van der Waals surface area (Å²) in [4.78, 5) is 72.1. The van der Waals surface area contributed by atoms with Crippen molar-refractivity contribution in [2.75, 3.05) is 41.1 Å². The van der Waals surface area contributed by atoms with Crippen LogP contribution in [0.1, 0.15) is 126 Å². The van der Waals surface area contributed by atoms with Gasteiger partial charge in [-0.2, -0.15) is 0 Å². The molecule has 3 N–H and O–H groups in total. The van der Waals surface area contributed by atoms with Gasteiger partial charge >= 0.3 is 5.97 Å². The predicted octanol–water partition coefficient (Wildman–Crippen LogP) is 6.20. The van der Waals surface area contributed by atoms with Crippen molar-refractivity contribution >= 4 is 29.2 Å². The molecule has 1 aliphatic carbocycles. The molecular weight excluding hydrogens is 875 g/mol. The molecule has 384 valence electrons. The number of aliphatic hydroxyl groups is 3. The zero-order valence-corrected chi connectivity index (χ0v) is 42.4. The Labute approximate surface area is 405 Å². The number of aliphatic hydroxyl groups excluding tert-OH is 2. The minimum atomic E-state index is -2.43. The molecule has 4 aliphatic rings. The number of allylic oxidation sites excluding steroid dienone is 6. The maximum absolute atomic E-state index is 14.5. The first-order chi connectivity index (χ1) is 32.3. The van der Waals surface area contributed by atoms with E-state index in [9.17, 15) is 39.3 Å². The van der Waals surface area contributed by atoms with E-state index in [1.807, 2.05) is 58.1 Å². The third-order valence-corrected chi connectivity index (χ3v) is 14.9. The highest BCUT2D eigenvalue weighted by Crippen LogP contribution is 2.38. The first-order valence-corrected chi connectivity index (χ1v) is 25.0. The number of fused-ring (bicyclic) bond motifs is 3. The molecule has 1 saturated carbocycles. The first-order valence-electron chi connectivity index (χ1n) is 25.0. The molecule has 3 aliphatic heterocycles. The zero-order valence-electron chi connectivity index (χ0n) is 42.4. The molecule has 4 rings (SSSR count). The second-order valence-corrected chi connectivity index (χ2v) is 20.2. The number of carbonyl (C=O) groups is 5. The number of hydrogen-bond donors (Lipinski definition) is 3. The highest BCUT2D eigenvalue weighted by molar-refractivity contribution is 6.39. The predicted molar refractivity (Wildman–Crippen MR) is 256 cm³/mol. The van der Waals surface area contributed by atoms with Gasteiger partial charge in [-0.3, -0.25) is 19.2 Å². The second kappa shape index (κ2) is 27.3. The Morgan fingerprint density at radius 3 is 2.26 bits per heavy atom. The SMILES string of the molecule is CO[C@H]1C[C@@H]2CC[C@@H](C)[C@@](O)(O2)C(=O)C(=O)N2CCCC[C@H]2C(=O)O[C@H]([C@@H](C)C[C@@H]2CC[C@@H](OCCO)[C@H](OC)C2)CC(=O)[C@H](C)/C=C(\C)[C@H](O)[C@@H](OC)C(=O)[C@H](C)C[C@H](C)/C=C/C=C/C=C/1C. The van der Waals surface area contributed by atoms with Crippen LogP contribution >= 0.6 is 0 Å².